The molecule has 102 valence electrons. The molecule has 0 aromatic heterocycles. The number of benzene rings is 1. The summed E-state index contributed by atoms with van der Waals surface area (Å²) >= 11 is 5.50. The van der Waals surface area contributed by atoms with Gasteiger partial charge in [0, 0.05) is 17.1 Å². The normalized spacial score (nSPS) is 12.9. The molecule has 0 aliphatic carbocycles. The molecule has 18 heavy (non-hydrogen) atoms. The molecule has 1 unspecified atom stereocenters. The van der Waals surface area contributed by atoms with Crippen molar-refractivity contribution in [1.82, 2.24) is 5.32 Å². The number of hydrogen-bond donors (Lipinski definition) is 1. The summed E-state index contributed by atoms with van der Waals surface area (Å²) in [5.41, 5.74) is 1.44. The Bertz CT molecular complexity index is 341. The van der Waals surface area contributed by atoms with E-state index in [2.05, 4.69) is 65.6 Å². The summed E-state index contributed by atoms with van der Waals surface area (Å²) in [7, 11) is 0. The minimum Gasteiger partial charge on any atom is -0.314 e. The largest absolute Gasteiger partial charge is 0.314 e. The van der Waals surface area contributed by atoms with Crippen LogP contribution < -0.4 is 5.32 Å². The second-order valence-electron chi connectivity index (χ2n) is 4.95. The van der Waals surface area contributed by atoms with Gasteiger partial charge < -0.3 is 5.32 Å². The van der Waals surface area contributed by atoms with E-state index >= 15 is 0 Å². The van der Waals surface area contributed by atoms with Crippen LogP contribution in [0.25, 0.3) is 0 Å². The molecule has 0 spiro atoms. The molecule has 0 saturated heterocycles. The van der Waals surface area contributed by atoms with E-state index in [4.69, 9.17) is 0 Å². The van der Waals surface area contributed by atoms with Crippen molar-refractivity contribution in [3.63, 3.8) is 0 Å². The molecule has 0 aliphatic heterocycles. The molecule has 0 bridgehead atoms. The summed E-state index contributed by atoms with van der Waals surface area (Å²) in [6.45, 7) is 5.49. The number of halogens is 1. The van der Waals surface area contributed by atoms with E-state index in [1.54, 1.807) is 0 Å². The molecule has 1 rings (SSSR count). The second-order valence-corrected chi connectivity index (χ2v) is 6.85. The predicted octanol–water partition coefficient (Wildman–Crippen LogP) is 4.67. The fourth-order valence-electron chi connectivity index (χ4n) is 2.00. The van der Waals surface area contributed by atoms with Crippen LogP contribution in [0.15, 0.2) is 28.7 Å². The monoisotopic (exact) mass is 329 g/mol. The molecule has 0 saturated carbocycles. The van der Waals surface area contributed by atoms with E-state index in [1.165, 1.54) is 28.6 Å². The highest BCUT2D eigenvalue weighted by Crippen LogP contribution is 2.24. The SMILES string of the molecule is CSCCCC(CNC(C)C)c1cccc(Br)c1. The first-order valence-corrected chi connectivity index (χ1v) is 8.80. The highest BCUT2D eigenvalue weighted by molar-refractivity contribution is 9.10. The minimum atomic E-state index is 0.556. The Hall–Kier alpha value is 0.01000. The van der Waals surface area contributed by atoms with Gasteiger partial charge >= 0.3 is 0 Å². The quantitative estimate of drug-likeness (QED) is 0.695. The Labute approximate surface area is 124 Å². The van der Waals surface area contributed by atoms with Crippen molar-refractivity contribution in [2.24, 2.45) is 0 Å². The number of thioether (sulfide) groups is 1. The van der Waals surface area contributed by atoms with Crippen LogP contribution in [0.4, 0.5) is 0 Å². The molecule has 0 amide bonds. The molecule has 1 N–H and O–H groups in total. The first-order valence-electron chi connectivity index (χ1n) is 6.61. The van der Waals surface area contributed by atoms with Gasteiger partial charge in [-0.1, -0.05) is 41.9 Å². The Kier molecular flexibility index (Phi) is 8.03. The van der Waals surface area contributed by atoms with Crippen molar-refractivity contribution in [3.8, 4) is 0 Å². The van der Waals surface area contributed by atoms with Gasteiger partial charge in [0.2, 0.25) is 0 Å². The Balaban J connectivity index is 2.63. The molecule has 0 heterocycles. The van der Waals surface area contributed by atoms with Crippen LogP contribution in [0.5, 0.6) is 0 Å². The van der Waals surface area contributed by atoms with Crippen molar-refractivity contribution in [2.45, 2.75) is 38.6 Å². The van der Waals surface area contributed by atoms with E-state index in [0.717, 1.165) is 6.54 Å². The Morgan fingerprint density at radius 3 is 2.72 bits per heavy atom. The average molecular weight is 330 g/mol. The Morgan fingerprint density at radius 2 is 2.11 bits per heavy atom. The van der Waals surface area contributed by atoms with Crippen LogP contribution in [0.3, 0.4) is 0 Å². The average Bonchev–Trinajstić information content (AvgIpc) is 2.33. The molecule has 1 aromatic rings. The first kappa shape index (κ1) is 16.1. The fraction of sp³-hybridized carbons (Fsp3) is 0.600. The summed E-state index contributed by atoms with van der Waals surface area (Å²) in [4.78, 5) is 0. The maximum Gasteiger partial charge on any atom is 0.0178 e. The number of hydrogen-bond acceptors (Lipinski definition) is 2. The maximum absolute atomic E-state index is 3.57. The molecule has 0 aliphatic rings. The van der Waals surface area contributed by atoms with Crippen molar-refractivity contribution < 1.29 is 0 Å². The smallest absolute Gasteiger partial charge is 0.0178 e. The number of nitrogens with one attached hydrogen (secondary N) is 1. The van der Waals surface area contributed by atoms with Crippen LogP contribution in [0.1, 0.15) is 38.2 Å². The molecular weight excluding hydrogens is 306 g/mol. The molecule has 0 fully saturated rings. The van der Waals surface area contributed by atoms with Crippen LogP contribution in [-0.2, 0) is 0 Å². The lowest BCUT2D eigenvalue weighted by Gasteiger charge is -2.20. The van der Waals surface area contributed by atoms with Crippen LogP contribution in [-0.4, -0.2) is 24.6 Å². The summed E-state index contributed by atoms with van der Waals surface area (Å²) in [6.07, 6.45) is 4.73. The van der Waals surface area contributed by atoms with Crippen LogP contribution in [0.2, 0.25) is 0 Å². The van der Waals surface area contributed by atoms with Gasteiger partial charge in [0.05, 0.1) is 0 Å². The number of rotatable bonds is 8. The van der Waals surface area contributed by atoms with Crippen molar-refractivity contribution in [2.75, 3.05) is 18.6 Å². The summed E-state index contributed by atoms with van der Waals surface area (Å²) in [6, 6.07) is 9.29. The Morgan fingerprint density at radius 1 is 1.33 bits per heavy atom. The van der Waals surface area contributed by atoms with Crippen LogP contribution in [0, 0.1) is 0 Å². The fourth-order valence-corrected chi connectivity index (χ4v) is 2.87. The van der Waals surface area contributed by atoms with Gasteiger partial charge in [-0.3, -0.25) is 0 Å². The highest BCUT2D eigenvalue weighted by atomic mass is 79.9. The van der Waals surface area contributed by atoms with Crippen molar-refractivity contribution >= 4 is 27.7 Å². The van der Waals surface area contributed by atoms with E-state index in [1.807, 2.05) is 11.8 Å². The van der Waals surface area contributed by atoms with E-state index in [0.29, 0.717) is 12.0 Å². The zero-order valence-electron chi connectivity index (χ0n) is 11.6. The lowest BCUT2D eigenvalue weighted by Crippen LogP contribution is -2.28. The molecule has 1 nitrogen and oxygen atoms in total. The van der Waals surface area contributed by atoms with Gasteiger partial charge in [-0.15, -0.1) is 0 Å². The summed E-state index contributed by atoms with van der Waals surface area (Å²) in [5, 5.41) is 3.57. The summed E-state index contributed by atoms with van der Waals surface area (Å²) < 4.78 is 1.18. The second kappa shape index (κ2) is 9.00. The molecular formula is C15H24BrNS. The van der Waals surface area contributed by atoms with Crippen molar-refractivity contribution in [3.05, 3.63) is 34.3 Å². The summed E-state index contributed by atoms with van der Waals surface area (Å²) in [5.74, 6) is 1.88. The van der Waals surface area contributed by atoms with E-state index in [-0.39, 0.29) is 0 Å². The van der Waals surface area contributed by atoms with Gasteiger partial charge in [0.15, 0.2) is 0 Å². The van der Waals surface area contributed by atoms with E-state index in [9.17, 15) is 0 Å². The van der Waals surface area contributed by atoms with Gasteiger partial charge in [0.25, 0.3) is 0 Å². The molecule has 1 atom stereocenters. The first-order chi connectivity index (χ1) is 8.63. The predicted molar refractivity (Wildman–Crippen MR) is 87.6 cm³/mol. The standard InChI is InChI=1S/C15H24BrNS/c1-12(2)17-11-14(7-5-9-18-3)13-6-4-8-15(16)10-13/h4,6,8,10,12,14,17H,5,7,9,11H2,1-3H3. The zero-order chi connectivity index (χ0) is 13.4. The van der Waals surface area contributed by atoms with Crippen molar-refractivity contribution in [1.29, 1.82) is 0 Å². The lowest BCUT2D eigenvalue weighted by atomic mass is 9.94. The molecule has 0 radical (unpaired) electrons. The molecule has 1 aromatic carbocycles. The maximum atomic E-state index is 3.57. The minimum absolute atomic E-state index is 0.556. The lowest BCUT2D eigenvalue weighted by molar-refractivity contribution is 0.505. The zero-order valence-corrected chi connectivity index (χ0v) is 14.0. The van der Waals surface area contributed by atoms with Gasteiger partial charge in [-0.2, -0.15) is 11.8 Å². The third kappa shape index (κ3) is 6.26. The van der Waals surface area contributed by atoms with Gasteiger partial charge in [0.1, 0.15) is 0 Å². The van der Waals surface area contributed by atoms with Crippen LogP contribution >= 0.6 is 27.7 Å². The third-order valence-electron chi connectivity index (χ3n) is 2.99. The molecule has 3 heteroatoms. The third-order valence-corrected chi connectivity index (χ3v) is 4.18. The van der Waals surface area contributed by atoms with E-state index < -0.39 is 0 Å². The van der Waals surface area contributed by atoms with Gasteiger partial charge in [-0.25, -0.2) is 0 Å². The highest BCUT2D eigenvalue weighted by Gasteiger charge is 2.12. The topological polar surface area (TPSA) is 12.0 Å². The van der Waals surface area contributed by atoms with Gasteiger partial charge in [-0.05, 0) is 48.5 Å².